The van der Waals surface area contributed by atoms with E-state index in [1.807, 2.05) is 54.6 Å². The van der Waals surface area contributed by atoms with Crippen molar-refractivity contribution in [3.05, 3.63) is 60.7 Å². The van der Waals surface area contributed by atoms with Gasteiger partial charge >= 0.3 is 0 Å². The first kappa shape index (κ1) is 14.8. The molecule has 0 saturated carbocycles. The highest BCUT2D eigenvalue weighted by Gasteiger charge is 2.22. The monoisotopic (exact) mass is 319 g/mol. The Morgan fingerprint density at radius 1 is 0.958 bits per heavy atom. The SMILES string of the molecule is [O]c1cc(N2CCC(Oc3ccccc3)CC2)nc2ccccc12. The Balaban J connectivity index is 1.46. The number of rotatable bonds is 3. The molecule has 1 aliphatic rings. The van der Waals surface area contributed by atoms with Crippen molar-refractivity contribution in [2.24, 2.45) is 0 Å². The second kappa shape index (κ2) is 6.40. The van der Waals surface area contributed by atoms with Gasteiger partial charge in [0.2, 0.25) is 0 Å². The number of hydrogen-bond donors (Lipinski definition) is 0. The molecule has 0 aliphatic carbocycles. The molecule has 0 bridgehead atoms. The molecule has 0 N–H and O–H groups in total. The summed E-state index contributed by atoms with van der Waals surface area (Å²) in [5.74, 6) is 1.73. The van der Waals surface area contributed by atoms with Crippen molar-refractivity contribution in [1.82, 2.24) is 4.98 Å². The summed E-state index contributed by atoms with van der Waals surface area (Å²) in [4.78, 5) is 6.83. The fourth-order valence-corrected chi connectivity index (χ4v) is 3.19. The molecule has 2 heterocycles. The van der Waals surface area contributed by atoms with Gasteiger partial charge in [0.25, 0.3) is 0 Å². The van der Waals surface area contributed by atoms with Crippen molar-refractivity contribution < 1.29 is 9.84 Å². The summed E-state index contributed by atoms with van der Waals surface area (Å²) in [7, 11) is 0. The van der Waals surface area contributed by atoms with E-state index in [4.69, 9.17) is 4.74 Å². The van der Waals surface area contributed by atoms with Crippen LogP contribution in [-0.4, -0.2) is 24.2 Å². The van der Waals surface area contributed by atoms with Gasteiger partial charge < -0.3 is 9.64 Å². The van der Waals surface area contributed by atoms with Gasteiger partial charge in [0.15, 0.2) is 5.75 Å². The molecule has 2 aromatic carbocycles. The van der Waals surface area contributed by atoms with Crippen LogP contribution in [-0.2, 0) is 5.11 Å². The van der Waals surface area contributed by atoms with Crippen molar-refractivity contribution in [2.75, 3.05) is 18.0 Å². The quantitative estimate of drug-likeness (QED) is 0.717. The van der Waals surface area contributed by atoms with E-state index in [1.165, 1.54) is 0 Å². The standard InChI is InChI=1S/C20H19N2O2/c23-19-14-20(21-18-9-5-4-8-17(18)19)22-12-10-16(11-13-22)24-15-6-2-1-3-7-15/h1-9,14,16H,10-13H2. The lowest BCUT2D eigenvalue weighted by Gasteiger charge is -2.33. The van der Waals surface area contributed by atoms with Crippen molar-refractivity contribution in [3.8, 4) is 11.5 Å². The van der Waals surface area contributed by atoms with Crippen LogP contribution in [0.25, 0.3) is 10.9 Å². The molecule has 24 heavy (non-hydrogen) atoms. The van der Waals surface area contributed by atoms with Crippen LogP contribution in [0.4, 0.5) is 5.82 Å². The number of fused-ring (bicyclic) bond motifs is 1. The maximum absolute atomic E-state index is 12.3. The van der Waals surface area contributed by atoms with Crippen molar-refractivity contribution in [2.45, 2.75) is 18.9 Å². The summed E-state index contributed by atoms with van der Waals surface area (Å²) >= 11 is 0. The first-order valence-corrected chi connectivity index (χ1v) is 8.33. The summed E-state index contributed by atoms with van der Waals surface area (Å²) in [6.07, 6.45) is 2.07. The Morgan fingerprint density at radius 2 is 1.67 bits per heavy atom. The Hall–Kier alpha value is -2.75. The van der Waals surface area contributed by atoms with Crippen LogP contribution in [0.1, 0.15) is 12.8 Å². The third-order valence-electron chi connectivity index (χ3n) is 4.48. The zero-order chi connectivity index (χ0) is 16.4. The Kier molecular flexibility index (Phi) is 3.95. The van der Waals surface area contributed by atoms with Gasteiger partial charge in [-0.05, 0) is 24.3 Å². The van der Waals surface area contributed by atoms with Gasteiger partial charge in [0.1, 0.15) is 17.7 Å². The van der Waals surface area contributed by atoms with Crippen LogP contribution in [0.2, 0.25) is 0 Å². The van der Waals surface area contributed by atoms with Crippen molar-refractivity contribution >= 4 is 16.7 Å². The van der Waals surface area contributed by atoms with Gasteiger partial charge in [-0.25, -0.2) is 4.98 Å². The molecular formula is C20H19N2O2. The number of ether oxygens (including phenoxy) is 1. The average Bonchev–Trinajstić information content (AvgIpc) is 2.63. The molecule has 0 unspecified atom stereocenters. The molecule has 1 radical (unpaired) electrons. The topological polar surface area (TPSA) is 45.3 Å². The van der Waals surface area contributed by atoms with E-state index in [1.54, 1.807) is 6.07 Å². The van der Waals surface area contributed by atoms with Gasteiger partial charge in [0, 0.05) is 37.4 Å². The van der Waals surface area contributed by atoms with E-state index < -0.39 is 0 Å². The summed E-state index contributed by atoms with van der Waals surface area (Å²) in [5, 5.41) is 12.9. The summed E-state index contributed by atoms with van der Waals surface area (Å²) in [6, 6.07) is 19.1. The molecule has 1 saturated heterocycles. The van der Waals surface area contributed by atoms with E-state index in [0.29, 0.717) is 5.39 Å². The van der Waals surface area contributed by atoms with Gasteiger partial charge in [-0.15, -0.1) is 0 Å². The average molecular weight is 319 g/mol. The minimum atomic E-state index is 0.0401. The molecule has 4 nitrogen and oxygen atoms in total. The first-order valence-electron chi connectivity index (χ1n) is 8.33. The van der Waals surface area contributed by atoms with Gasteiger partial charge in [-0.2, -0.15) is 0 Å². The zero-order valence-electron chi connectivity index (χ0n) is 13.4. The molecule has 4 heteroatoms. The highest BCUT2D eigenvalue weighted by atomic mass is 16.5. The fourth-order valence-electron chi connectivity index (χ4n) is 3.19. The lowest BCUT2D eigenvalue weighted by Crippen LogP contribution is -2.38. The predicted octanol–water partition coefficient (Wildman–Crippen LogP) is 4.43. The number of nitrogens with zero attached hydrogens (tertiary/aromatic N) is 2. The molecule has 1 fully saturated rings. The number of pyridine rings is 1. The van der Waals surface area contributed by atoms with Crippen LogP contribution >= 0.6 is 0 Å². The number of para-hydroxylation sites is 2. The molecule has 3 aromatic rings. The minimum absolute atomic E-state index is 0.0401. The molecular weight excluding hydrogens is 300 g/mol. The summed E-state index contributed by atoms with van der Waals surface area (Å²) in [5.41, 5.74) is 0.766. The predicted molar refractivity (Wildman–Crippen MR) is 94.2 cm³/mol. The number of aromatic nitrogens is 1. The second-order valence-electron chi connectivity index (χ2n) is 6.11. The largest absolute Gasteiger partial charge is 0.490 e. The van der Waals surface area contributed by atoms with Gasteiger partial charge in [0.05, 0.1) is 5.52 Å². The molecule has 4 rings (SSSR count). The Labute approximate surface area is 141 Å². The normalized spacial score (nSPS) is 15.6. The molecule has 121 valence electrons. The number of hydrogen-bond acceptors (Lipinski definition) is 3. The Morgan fingerprint density at radius 3 is 2.46 bits per heavy atom. The van der Waals surface area contributed by atoms with Crippen LogP contribution in [0.15, 0.2) is 60.7 Å². The lowest BCUT2D eigenvalue weighted by molar-refractivity contribution is 0.170. The maximum atomic E-state index is 12.3. The van der Waals surface area contributed by atoms with E-state index >= 15 is 0 Å². The number of piperidine rings is 1. The van der Waals surface area contributed by atoms with Crippen LogP contribution in [0, 0.1) is 0 Å². The van der Waals surface area contributed by atoms with E-state index in [-0.39, 0.29) is 11.9 Å². The van der Waals surface area contributed by atoms with Crippen LogP contribution in [0.3, 0.4) is 0 Å². The molecule has 0 spiro atoms. The Bertz CT molecular complexity index is 827. The lowest BCUT2D eigenvalue weighted by atomic mass is 10.1. The van der Waals surface area contributed by atoms with Crippen LogP contribution in [0.5, 0.6) is 11.5 Å². The van der Waals surface area contributed by atoms with Crippen LogP contribution < -0.4 is 9.64 Å². The van der Waals surface area contributed by atoms with E-state index in [9.17, 15) is 5.11 Å². The molecule has 0 amide bonds. The van der Waals surface area contributed by atoms with Gasteiger partial charge in [-0.3, -0.25) is 5.11 Å². The fraction of sp³-hybridized carbons (Fsp3) is 0.250. The molecule has 0 atom stereocenters. The first-order chi connectivity index (χ1) is 11.8. The van der Waals surface area contributed by atoms with Crippen molar-refractivity contribution in [1.29, 1.82) is 0 Å². The number of anilines is 1. The number of benzene rings is 2. The minimum Gasteiger partial charge on any atom is -0.490 e. The second-order valence-corrected chi connectivity index (χ2v) is 6.11. The summed E-state index contributed by atoms with van der Waals surface area (Å²) < 4.78 is 6.02. The molecule has 1 aromatic heterocycles. The third-order valence-corrected chi connectivity index (χ3v) is 4.48. The smallest absolute Gasteiger partial charge is 0.191 e. The highest BCUT2D eigenvalue weighted by Crippen LogP contribution is 2.30. The third kappa shape index (κ3) is 3.00. The van der Waals surface area contributed by atoms with Crippen molar-refractivity contribution in [3.63, 3.8) is 0 Å². The van der Waals surface area contributed by atoms with Gasteiger partial charge in [-0.1, -0.05) is 30.3 Å². The molecule has 1 aliphatic heterocycles. The highest BCUT2D eigenvalue weighted by molar-refractivity contribution is 5.86. The van der Waals surface area contributed by atoms with E-state index in [0.717, 1.165) is 43.0 Å². The van der Waals surface area contributed by atoms with E-state index in [2.05, 4.69) is 9.88 Å². The summed E-state index contributed by atoms with van der Waals surface area (Å²) in [6.45, 7) is 1.70. The maximum Gasteiger partial charge on any atom is 0.191 e. The zero-order valence-corrected chi connectivity index (χ0v) is 13.4.